The molecule has 6 nitrogen and oxygen atoms in total. The Hall–Kier alpha value is -2.50. The van der Waals surface area contributed by atoms with Gasteiger partial charge in [0.05, 0.1) is 24.9 Å². The number of nitrogens with zero attached hydrogens (tertiary/aromatic N) is 2. The van der Waals surface area contributed by atoms with E-state index >= 15 is 0 Å². The first kappa shape index (κ1) is 15.9. The average Bonchev–Trinajstić information content (AvgIpc) is 2.76. The maximum atomic E-state index is 12.2. The quantitative estimate of drug-likeness (QED) is 0.827. The van der Waals surface area contributed by atoms with Gasteiger partial charge >= 0.3 is 0 Å². The zero-order chi connectivity index (χ0) is 16.1. The topological polar surface area (TPSA) is 65.4 Å². The zero-order valence-electron chi connectivity index (χ0n) is 13.3. The predicted molar refractivity (Wildman–Crippen MR) is 83.5 cm³/mol. The second-order valence-corrected chi connectivity index (χ2v) is 4.92. The summed E-state index contributed by atoms with van der Waals surface area (Å²) in [6.45, 7) is 4.47. The van der Waals surface area contributed by atoms with Crippen LogP contribution in [0.4, 0.5) is 0 Å². The van der Waals surface area contributed by atoms with E-state index in [9.17, 15) is 4.79 Å². The first-order chi connectivity index (χ1) is 10.5. The fourth-order valence-corrected chi connectivity index (χ4v) is 2.25. The summed E-state index contributed by atoms with van der Waals surface area (Å²) in [5, 5.41) is 7.08. The Morgan fingerprint density at radius 2 is 1.95 bits per heavy atom. The Morgan fingerprint density at radius 1 is 1.27 bits per heavy atom. The molecule has 1 heterocycles. The van der Waals surface area contributed by atoms with Crippen molar-refractivity contribution in [1.82, 2.24) is 15.1 Å². The van der Waals surface area contributed by atoms with Crippen molar-refractivity contribution in [1.29, 1.82) is 0 Å². The highest BCUT2D eigenvalue weighted by molar-refractivity contribution is 5.96. The summed E-state index contributed by atoms with van der Waals surface area (Å²) in [7, 11) is 3.42. The van der Waals surface area contributed by atoms with Crippen molar-refractivity contribution in [3.8, 4) is 11.5 Å². The number of aryl methyl sites for hydroxylation is 2. The number of nitrogens with one attached hydrogen (secondary N) is 1. The van der Waals surface area contributed by atoms with Crippen LogP contribution in [-0.2, 0) is 7.05 Å². The Labute approximate surface area is 130 Å². The molecule has 0 radical (unpaired) electrons. The summed E-state index contributed by atoms with van der Waals surface area (Å²) < 4.78 is 12.5. The Bertz CT molecular complexity index is 665. The standard InChI is InChI=1S/C16H21N3O3/c1-11-15(12(2)19(3)18-11)16(20)17-9-10-22-14-8-6-5-7-13(14)21-4/h5-8H,9-10H2,1-4H3,(H,17,20). The van der Waals surface area contributed by atoms with Crippen molar-refractivity contribution in [3.05, 3.63) is 41.2 Å². The van der Waals surface area contributed by atoms with Gasteiger partial charge in [-0.2, -0.15) is 5.10 Å². The lowest BCUT2D eigenvalue weighted by molar-refractivity contribution is 0.0945. The van der Waals surface area contributed by atoms with Gasteiger partial charge in [0, 0.05) is 12.7 Å². The van der Waals surface area contributed by atoms with Crippen molar-refractivity contribution < 1.29 is 14.3 Å². The molecule has 0 aliphatic heterocycles. The number of rotatable bonds is 6. The summed E-state index contributed by atoms with van der Waals surface area (Å²) in [5.41, 5.74) is 2.20. The van der Waals surface area contributed by atoms with E-state index < -0.39 is 0 Å². The third-order valence-corrected chi connectivity index (χ3v) is 3.45. The molecule has 1 aromatic heterocycles. The van der Waals surface area contributed by atoms with E-state index in [-0.39, 0.29) is 5.91 Å². The summed E-state index contributed by atoms with van der Waals surface area (Å²) >= 11 is 0. The van der Waals surface area contributed by atoms with Crippen LogP contribution in [0.3, 0.4) is 0 Å². The van der Waals surface area contributed by atoms with Crippen molar-refractivity contribution in [3.63, 3.8) is 0 Å². The number of amides is 1. The van der Waals surface area contributed by atoms with Crippen molar-refractivity contribution in [2.45, 2.75) is 13.8 Å². The van der Waals surface area contributed by atoms with Gasteiger partial charge in [0.1, 0.15) is 6.61 Å². The Kier molecular flexibility index (Phi) is 5.04. The highest BCUT2D eigenvalue weighted by Gasteiger charge is 2.16. The number of benzene rings is 1. The molecule has 0 spiro atoms. The predicted octanol–water partition coefficient (Wildman–Crippen LogP) is 1.85. The molecule has 2 rings (SSSR count). The molecule has 0 aliphatic carbocycles. The van der Waals surface area contributed by atoms with E-state index in [1.54, 1.807) is 11.8 Å². The molecule has 0 unspecified atom stereocenters. The molecular weight excluding hydrogens is 282 g/mol. The number of carbonyl (C=O) groups is 1. The van der Waals surface area contributed by atoms with Gasteiger partial charge in [-0.15, -0.1) is 0 Å². The molecule has 6 heteroatoms. The van der Waals surface area contributed by atoms with Crippen molar-refractivity contribution in [2.24, 2.45) is 7.05 Å². The smallest absolute Gasteiger partial charge is 0.255 e. The minimum absolute atomic E-state index is 0.133. The minimum atomic E-state index is -0.133. The summed E-state index contributed by atoms with van der Waals surface area (Å²) in [5.74, 6) is 1.20. The number of carbonyl (C=O) groups excluding carboxylic acids is 1. The fourth-order valence-electron chi connectivity index (χ4n) is 2.25. The highest BCUT2D eigenvalue weighted by atomic mass is 16.5. The zero-order valence-corrected chi connectivity index (χ0v) is 13.3. The van der Waals surface area contributed by atoms with Gasteiger partial charge in [0.25, 0.3) is 5.91 Å². The summed E-state index contributed by atoms with van der Waals surface area (Å²) in [6.07, 6.45) is 0. The first-order valence-corrected chi connectivity index (χ1v) is 7.08. The maximum Gasteiger partial charge on any atom is 0.255 e. The number of hydrogen-bond acceptors (Lipinski definition) is 4. The molecule has 0 saturated heterocycles. The van der Waals surface area contributed by atoms with Crippen molar-refractivity contribution in [2.75, 3.05) is 20.3 Å². The van der Waals surface area contributed by atoms with Crippen LogP contribution in [0.1, 0.15) is 21.7 Å². The van der Waals surface area contributed by atoms with E-state index in [2.05, 4.69) is 10.4 Å². The number of aromatic nitrogens is 2. The van der Waals surface area contributed by atoms with Gasteiger partial charge in [-0.3, -0.25) is 9.48 Å². The lowest BCUT2D eigenvalue weighted by Crippen LogP contribution is -2.29. The fraction of sp³-hybridized carbons (Fsp3) is 0.375. The number of hydrogen-bond donors (Lipinski definition) is 1. The molecule has 118 valence electrons. The van der Waals surface area contributed by atoms with Crippen LogP contribution in [0.25, 0.3) is 0 Å². The molecule has 1 amide bonds. The second-order valence-electron chi connectivity index (χ2n) is 4.92. The number of methoxy groups -OCH3 is 1. The molecule has 2 aromatic rings. The molecule has 1 N–H and O–H groups in total. The van der Waals surface area contributed by atoms with Gasteiger partial charge in [-0.25, -0.2) is 0 Å². The number of para-hydroxylation sites is 2. The van der Waals surface area contributed by atoms with Crippen LogP contribution in [0.2, 0.25) is 0 Å². The van der Waals surface area contributed by atoms with Crippen LogP contribution < -0.4 is 14.8 Å². The lowest BCUT2D eigenvalue weighted by Gasteiger charge is -2.11. The second kappa shape index (κ2) is 6.98. The maximum absolute atomic E-state index is 12.2. The van der Waals surface area contributed by atoms with E-state index in [4.69, 9.17) is 9.47 Å². The van der Waals surface area contributed by atoms with Crippen LogP contribution in [0.15, 0.2) is 24.3 Å². The van der Waals surface area contributed by atoms with Gasteiger partial charge in [-0.05, 0) is 26.0 Å². The van der Waals surface area contributed by atoms with E-state index in [0.29, 0.717) is 30.2 Å². The molecule has 0 atom stereocenters. The van der Waals surface area contributed by atoms with Gasteiger partial charge in [0.15, 0.2) is 11.5 Å². The molecule has 0 fully saturated rings. The lowest BCUT2D eigenvalue weighted by atomic mass is 10.2. The van der Waals surface area contributed by atoms with E-state index in [1.165, 1.54) is 0 Å². The van der Waals surface area contributed by atoms with E-state index in [1.807, 2.05) is 45.2 Å². The number of ether oxygens (including phenoxy) is 2. The molecule has 22 heavy (non-hydrogen) atoms. The third kappa shape index (κ3) is 3.39. The summed E-state index contributed by atoms with van der Waals surface area (Å²) in [6, 6.07) is 7.41. The largest absolute Gasteiger partial charge is 0.493 e. The summed E-state index contributed by atoms with van der Waals surface area (Å²) in [4.78, 5) is 12.2. The molecule has 0 aliphatic rings. The third-order valence-electron chi connectivity index (χ3n) is 3.45. The normalized spacial score (nSPS) is 10.4. The Morgan fingerprint density at radius 3 is 2.55 bits per heavy atom. The van der Waals surface area contributed by atoms with Crippen LogP contribution in [-0.4, -0.2) is 35.9 Å². The highest BCUT2D eigenvalue weighted by Crippen LogP contribution is 2.25. The molecule has 1 aromatic carbocycles. The molecular formula is C16H21N3O3. The SMILES string of the molecule is COc1ccccc1OCCNC(=O)c1c(C)nn(C)c1C. The monoisotopic (exact) mass is 303 g/mol. The van der Waals surface area contributed by atoms with Gasteiger partial charge in [0.2, 0.25) is 0 Å². The molecule has 0 bridgehead atoms. The van der Waals surface area contributed by atoms with Gasteiger partial charge < -0.3 is 14.8 Å². The van der Waals surface area contributed by atoms with Crippen molar-refractivity contribution >= 4 is 5.91 Å². The molecule has 0 saturated carbocycles. The van der Waals surface area contributed by atoms with Gasteiger partial charge in [-0.1, -0.05) is 12.1 Å². The first-order valence-electron chi connectivity index (χ1n) is 7.08. The minimum Gasteiger partial charge on any atom is -0.493 e. The van der Waals surface area contributed by atoms with Crippen LogP contribution in [0.5, 0.6) is 11.5 Å². The van der Waals surface area contributed by atoms with E-state index in [0.717, 1.165) is 11.4 Å². The Balaban J connectivity index is 1.87. The van der Waals surface area contributed by atoms with Crippen LogP contribution in [0, 0.1) is 13.8 Å². The average molecular weight is 303 g/mol. The van der Waals surface area contributed by atoms with Crippen LogP contribution >= 0.6 is 0 Å².